The van der Waals surface area contributed by atoms with Gasteiger partial charge in [0.2, 0.25) is 12.5 Å². The monoisotopic (exact) mass is 480 g/mol. The van der Waals surface area contributed by atoms with Crippen molar-refractivity contribution in [1.82, 2.24) is 10.3 Å². The largest absolute Gasteiger partial charge is 0.325 e. The molecule has 0 saturated carbocycles. The number of aromatic nitrogens is 1. The molecule has 1 aromatic heterocycles. The number of anilines is 1. The van der Waals surface area contributed by atoms with E-state index in [0.29, 0.717) is 24.1 Å². The van der Waals surface area contributed by atoms with Crippen LogP contribution in [0.2, 0.25) is 0 Å². The molecule has 0 bridgehead atoms. The first-order chi connectivity index (χ1) is 16.5. The number of carbonyl (C=O) groups is 2. The number of aryl methyl sites for hydroxylation is 2. The van der Waals surface area contributed by atoms with Crippen molar-refractivity contribution in [3.8, 4) is 0 Å². The third-order valence-electron chi connectivity index (χ3n) is 5.61. The molecule has 2 N–H and O–H groups in total. The molecule has 0 fully saturated rings. The van der Waals surface area contributed by atoms with Crippen molar-refractivity contribution in [2.45, 2.75) is 55.0 Å². The van der Waals surface area contributed by atoms with Crippen LogP contribution in [0.1, 0.15) is 45.7 Å². The van der Waals surface area contributed by atoms with Crippen molar-refractivity contribution in [1.29, 1.82) is 0 Å². The van der Waals surface area contributed by atoms with E-state index in [2.05, 4.69) is 54.5 Å². The Labute approximate surface area is 210 Å². The maximum absolute atomic E-state index is 13.5. The Morgan fingerprint density at radius 1 is 0.971 bits per heavy atom. The lowest BCUT2D eigenvalue weighted by Crippen LogP contribution is -2.44. The summed E-state index contributed by atoms with van der Waals surface area (Å²) in [7, 11) is 0. The first kappa shape index (κ1) is 28.2. The summed E-state index contributed by atoms with van der Waals surface area (Å²) in [4.78, 5) is 28.3. The molecular formula is C28H42N5O2+. The van der Waals surface area contributed by atoms with Crippen LogP contribution in [0.25, 0.3) is 0 Å². The summed E-state index contributed by atoms with van der Waals surface area (Å²) in [5, 5.41) is 7.44. The summed E-state index contributed by atoms with van der Waals surface area (Å²) in [6, 6.07) is 11.6. The van der Waals surface area contributed by atoms with E-state index in [1.54, 1.807) is 4.57 Å². The van der Waals surface area contributed by atoms with Gasteiger partial charge in [-0.05, 0) is 44.2 Å². The summed E-state index contributed by atoms with van der Waals surface area (Å²) in [5.74, 6) is 0.0730. The first-order valence-corrected chi connectivity index (χ1v) is 12.4. The third-order valence-corrected chi connectivity index (χ3v) is 5.61. The van der Waals surface area contributed by atoms with E-state index in [1.165, 1.54) is 0 Å². The highest BCUT2D eigenvalue weighted by atomic mass is 16.2. The molecule has 35 heavy (non-hydrogen) atoms. The Balaban J connectivity index is 2.23. The fourth-order valence-electron chi connectivity index (χ4n) is 4.06. The van der Waals surface area contributed by atoms with Crippen LogP contribution >= 0.6 is 0 Å². The highest BCUT2D eigenvalue weighted by Gasteiger charge is 2.26. The molecule has 0 aliphatic rings. The summed E-state index contributed by atoms with van der Waals surface area (Å²) < 4.78 is 1.78. The molecule has 1 heterocycles. The topological polar surface area (TPSA) is 77.7 Å². The van der Waals surface area contributed by atoms with Gasteiger partial charge in [-0.2, -0.15) is 9.67 Å². The number of carbonyl (C=O) groups excluding carboxylic acids is 2. The zero-order valence-corrected chi connectivity index (χ0v) is 22.3. The van der Waals surface area contributed by atoms with Gasteiger partial charge in [0, 0.05) is 43.2 Å². The highest BCUT2D eigenvalue weighted by molar-refractivity contribution is 6.09. The number of hydrazone groups is 1. The normalized spacial score (nSPS) is 12.8. The molecule has 0 aliphatic heterocycles. The average molecular weight is 481 g/mol. The fraction of sp³-hybridized carbons (Fsp3) is 0.500. The quantitative estimate of drug-likeness (QED) is 0.274. The number of hydrogen-bond donors (Lipinski definition) is 2. The number of amides is 2. The van der Waals surface area contributed by atoms with E-state index in [9.17, 15) is 9.59 Å². The van der Waals surface area contributed by atoms with Crippen LogP contribution in [0.4, 0.5) is 5.69 Å². The van der Waals surface area contributed by atoms with Gasteiger partial charge in [-0.3, -0.25) is 9.59 Å². The van der Waals surface area contributed by atoms with Crippen molar-refractivity contribution in [2.75, 3.05) is 25.0 Å². The second kappa shape index (κ2) is 13.7. The molecule has 7 heteroatoms. The van der Waals surface area contributed by atoms with E-state index < -0.39 is 5.92 Å². The minimum atomic E-state index is -0.502. The summed E-state index contributed by atoms with van der Waals surface area (Å²) in [5.41, 5.74) is 6.17. The zero-order valence-electron chi connectivity index (χ0n) is 22.3. The van der Waals surface area contributed by atoms with Crippen molar-refractivity contribution in [3.05, 3.63) is 59.9 Å². The number of nitrogens with one attached hydrogen (secondary N) is 2. The van der Waals surface area contributed by atoms with E-state index >= 15 is 0 Å². The molecule has 2 amide bonds. The SMILES string of the molecule is C/C(=N\NC(=O)C[n+]1ccccc1)[C@@H](CN(CC(C)C)CC(C)C)C(=O)Nc1ccc(C)cc1C. The second-order valence-corrected chi connectivity index (χ2v) is 10.2. The van der Waals surface area contributed by atoms with Gasteiger partial charge >= 0.3 is 5.91 Å². The van der Waals surface area contributed by atoms with Crippen LogP contribution in [-0.4, -0.2) is 42.1 Å². The van der Waals surface area contributed by atoms with Crippen LogP contribution in [0.15, 0.2) is 53.9 Å². The Bertz CT molecular complexity index is 992. The summed E-state index contributed by atoms with van der Waals surface area (Å²) >= 11 is 0. The Morgan fingerprint density at radius 3 is 2.17 bits per heavy atom. The lowest BCUT2D eigenvalue weighted by atomic mass is 10.00. The summed E-state index contributed by atoms with van der Waals surface area (Å²) in [6.45, 7) is 17.0. The van der Waals surface area contributed by atoms with Crippen molar-refractivity contribution >= 4 is 23.2 Å². The number of pyridine rings is 1. The molecule has 190 valence electrons. The minimum Gasteiger partial charge on any atom is -0.325 e. The lowest BCUT2D eigenvalue weighted by Gasteiger charge is -2.30. The molecule has 0 aliphatic carbocycles. The number of rotatable bonds is 12. The van der Waals surface area contributed by atoms with Crippen LogP contribution in [0, 0.1) is 31.6 Å². The van der Waals surface area contributed by atoms with Crippen molar-refractivity contribution in [2.24, 2.45) is 22.9 Å². The standard InChI is InChI=1S/C28H41N5O2/c1-20(2)16-33(17-21(3)4)18-25(28(35)29-26-12-11-22(5)15-23(26)6)24(7)30-31-27(34)19-32-13-9-8-10-14-32/h8-15,20-21,25H,16-19H2,1-7H3,(H-,29,31,34,35)/p+1/b30-24+/t25-/m1/s1. The maximum atomic E-state index is 13.5. The van der Waals surface area contributed by atoms with Gasteiger partial charge in [-0.25, -0.2) is 5.43 Å². The second-order valence-electron chi connectivity index (χ2n) is 10.2. The molecule has 2 aromatic rings. The highest BCUT2D eigenvalue weighted by Crippen LogP contribution is 2.18. The van der Waals surface area contributed by atoms with Crippen LogP contribution in [-0.2, 0) is 16.1 Å². The van der Waals surface area contributed by atoms with Crippen LogP contribution in [0.5, 0.6) is 0 Å². The Morgan fingerprint density at radius 2 is 1.60 bits per heavy atom. The first-order valence-electron chi connectivity index (χ1n) is 12.4. The van der Waals surface area contributed by atoms with E-state index in [1.807, 2.05) is 63.5 Å². The maximum Gasteiger partial charge on any atom is 0.305 e. The Kier molecular flexibility index (Phi) is 11.1. The molecule has 7 nitrogen and oxygen atoms in total. The van der Waals surface area contributed by atoms with Crippen molar-refractivity contribution < 1.29 is 14.2 Å². The molecule has 1 aromatic carbocycles. The van der Waals surface area contributed by atoms with Gasteiger partial charge in [-0.15, -0.1) is 0 Å². The van der Waals surface area contributed by atoms with Gasteiger partial charge in [0.25, 0.3) is 0 Å². The lowest BCUT2D eigenvalue weighted by molar-refractivity contribution is -0.684. The van der Waals surface area contributed by atoms with E-state index in [0.717, 1.165) is 29.9 Å². The van der Waals surface area contributed by atoms with Gasteiger partial charge in [0.1, 0.15) is 0 Å². The van der Waals surface area contributed by atoms with E-state index in [4.69, 9.17) is 0 Å². The minimum absolute atomic E-state index is 0.123. The van der Waals surface area contributed by atoms with Gasteiger partial charge in [0.05, 0.1) is 5.92 Å². The molecule has 0 radical (unpaired) electrons. The zero-order chi connectivity index (χ0) is 26.0. The average Bonchev–Trinajstić information content (AvgIpc) is 2.77. The molecule has 0 saturated heterocycles. The molecule has 0 unspecified atom stereocenters. The fourth-order valence-corrected chi connectivity index (χ4v) is 4.06. The number of benzene rings is 1. The van der Waals surface area contributed by atoms with Gasteiger partial charge in [-0.1, -0.05) is 51.5 Å². The molecule has 1 atom stereocenters. The van der Waals surface area contributed by atoms with Crippen LogP contribution < -0.4 is 15.3 Å². The molecule has 2 rings (SSSR count). The third kappa shape index (κ3) is 9.99. The Hall–Kier alpha value is -3.06. The smallest absolute Gasteiger partial charge is 0.305 e. The predicted octanol–water partition coefficient (Wildman–Crippen LogP) is 3.95. The van der Waals surface area contributed by atoms with Gasteiger partial charge in [0.15, 0.2) is 12.4 Å². The molecular weight excluding hydrogens is 438 g/mol. The molecule has 0 spiro atoms. The van der Waals surface area contributed by atoms with Crippen molar-refractivity contribution in [3.63, 3.8) is 0 Å². The number of hydrogen-bond acceptors (Lipinski definition) is 4. The predicted molar refractivity (Wildman–Crippen MR) is 142 cm³/mol. The summed E-state index contributed by atoms with van der Waals surface area (Å²) in [6.07, 6.45) is 3.65. The van der Waals surface area contributed by atoms with Crippen LogP contribution in [0.3, 0.4) is 0 Å². The number of nitrogens with zero attached hydrogens (tertiary/aromatic N) is 3. The van der Waals surface area contributed by atoms with E-state index in [-0.39, 0.29) is 18.4 Å². The van der Waals surface area contributed by atoms with Gasteiger partial charge < -0.3 is 10.2 Å².